The number of halogens is 3. The van der Waals surface area contributed by atoms with Crippen LogP contribution in [0.4, 0.5) is 13.2 Å². The molecule has 0 aliphatic rings. The van der Waals surface area contributed by atoms with Gasteiger partial charge in [-0.2, -0.15) is 13.2 Å². The summed E-state index contributed by atoms with van der Waals surface area (Å²) in [5.74, 6) is 0. The zero-order valence-electron chi connectivity index (χ0n) is 12.3. The monoisotopic (exact) mass is 284 g/mol. The second-order valence-corrected chi connectivity index (χ2v) is 5.55. The highest BCUT2D eigenvalue weighted by Gasteiger charge is 2.30. The van der Waals surface area contributed by atoms with Crippen molar-refractivity contribution in [2.24, 2.45) is 0 Å². The van der Waals surface area contributed by atoms with Crippen LogP contribution in [-0.4, -0.2) is 54.5 Å². The van der Waals surface area contributed by atoms with Gasteiger partial charge in [-0.1, -0.05) is 20.8 Å². The molecule has 0 aliphatic carbocycles. The second-order valence-electron chi connectivity index (χ2n) is 5.55. The highest BCUT2D eigenvalue weighted by molar-refractivity contribution is 4.87. The summed E-state index contributed by atoms with van der Waals surface area (Å²) in [7, 11) is 1.47. The Bertz CT molecular complexity index is 241. The first kappa shape index (κ1) is 18.7. The molecule has 1 unspecified atom stereocenters. The molecule has 0 aromatic rings. The molecule has 0 saturated heterocycles. The summed E-state index contributed by atoms with van der Waals surface area (Å²) in [6.07, 6.45) is -2.10. The predicted octanol–water partition coefficient (Wildman–Crippen LogP) is 2.40. The molecule has 0 aromatic carbocycles. The zero-order chi connectivity index (χ0) is 15.1. The lowest BCUT2D eigenvalue weighted by Crippen LogP contribution is -2.51. The Labute approximate surface area is 114 Å². The molecule has 116 valence electrons. The molecule has 6 heteroatoms. The minimum Gasteiger partial charge on any atom is -0.394 e. The molecule has 0 radical (unpaired) electrons. The van der Waals surface area contributed by atoms with Crippen LogP contribution < -0.4 is 5.32 Å². The van der Waals surface area contributed by atoms with E-state index in [1.807, 2.05) is 20.8 Å². The van der Waals surface area contributed by atoms with Crippen LogP contribution in [-0.2, 0) is 0 Å². The van der Waals surface area contributed by atoms with Gasteiger partial charge in [0.15, 0.2) is 0 Å². The van der Waals surface area contributed by atoms with Crippen LogP contribution in [0.2, 0.25) is 0 Å². The number of aliphatic hydroxyl groups is 1. The minimum atomic E-state index is -4.15. The molecule has 0 amide bonds. The van der Waals surface area contributed by atoms with E-state index in [1.165, 1.54) is 11.9 Å². The number of nitrogens with zero attached hydrogens (tertiary/aromatic N) is 1. The Morgan fingerprint density at radius 3 is 2.21 bits per heavy atom. The van der Waals surface area contributed by atoms with Crippen LogP contribution in [0.1, 0.15) is 40.0 Å². The van der Waals surface area contributed by atoms with E-state index in [2.05, 4.69) is 5.32 Å². The lowest BCUT2D eigenvalue weighted by atomic mass is 9.90. The van der Waals surface area contributed by atoms with Crippen molar-refractivity contribution in [2.45, 2.75) is 57.8 Å². The third kappa shape index (κ3) is 8.44. The Kier molecular flexibility index (Phi) is 7.93. The van der Waals surface area contributed by atoms with E-state index in [1.54, 1.807) is 0 Å². The normalized spacial score (nSPS) is 16.1. The maximum absolute atomic E-state index is 12.2. The minimum absolute atomic E-state index is 0.00463. The molecule has 0 heterocycles. The quantitative estimate of drug-likeness (QED) is 0.682. The average Bonchev–Trinajstić information content (AvgIpc) is 2.24. The van der Waals surface area contributed by atoms with E-state index in [9.17, 15) is 18.3 Å². The maximum atomic E-state index is 12.2. The summed E-state index contributed by atoms with van der Waals surface area (Å²) in [6, 6.07) is 0.236. The van der Waals surface area contributed by atoms with E-state index in [4.69, 9.17) is 0 Å². The van der Waals surface area contributed by atoms with Crippen LogP contribution in [0.3, 0.4) is 0 Å². The average molecular weight is 284 g/mol. The largest absolute Gasteiger partial charge is 0.401 e. The van der Waals surface area contributed by atoms with Crippen LogP contribution in [0.25, 0.3) is 0 Å². The Morgan fingerprint density at radius 2 is 1.84 bits per heavy atom. The van der Waals surface area contributed by atoms with Gasteiger partial charge < -0.3 is 10.4 Å². The fraction of sp³-hybridized carbons (Fsp3) is 1.00. The molecule has 19 heavy (non-hydrogen) atoms. The molecular formula is C13H27F3N2O. The summed E-state index contributed by atoms with van der Waals surface area (Å²) in [6.45, 7) is 5.46. The van der Waals surface area contributed by atoms with Gasteiger partial charge in [0.2, 0.25) is 0 Å². The Morgan fingerprint density at radius 1 is 1.26 bits per heavy atom. The topological polar surface area (TPSA) is 35.5 Å². The van der Waals surface area contributed by atoms with Crippen molar-refractivity contribution in [2.75, 3.05) is 26.7 Å². The number of hydrogen-bond donors (Lipinski definition) is 2. The number of aliphatic hydroxyl groups excluding tert-OH is 1. The Hall–Kier alpha value is -0.330. The van der Waals surface area contributed by atoms with Crippen molar-refractivity contribution < 1.29 is 18.3 Å². The number of alkyl halides is 3. The number of hydrogen-bond acceptors (Lipinski definition) is 3. The van der Waals surface area contributed by atoms with Crippen molar-refractivity contribution >= 4 is 0 Å². The standard InChI is InChI=1S/C13H27F3N2O/c1-5-12(10-19,17-11(2)3)7-6-8-18(4)9-13(14,15)16/h11,17,19H,5-10H2,1-4H3. The van der Waals surface area contributed by atoms with E-state index in [-0.39, 0.29) is 18.2 Å². The summed E-state index contributed by atoms with van der Waals surface area (Å²) in [4.78, 5) is 1.27. The van der Waals surface area contributed by atoms with Gasteiger partial charge in [0.05, 0.1) is 13.2 Å². The Balaban J connectivity index is 4.19. The number of rotatable bonds is 9. The predicted molar refractivity (Wildman–Crippen MR) is 71.2 cm³/mol. The second kappa shape index (κ2) is 8.07. The van der Waals surface area contributed by atoms with Gasteiger partial charge in [-0.25, -0.2) is 0 Å². The van der Waals surface area contributed by atoms with Crippen LogP contribution >= 0.6 is 0 Å². The van der Waals surface area contributed by atoms with Crippen molar-refractivity contribution in [3.8, 4) is 0 Å². The maximum Gasteiger partial charge on any atom is 0.401 e. The van der Waals surface area contributed by atoms with Gasteiger partial charge in [0.25, 0.3) is 0 Å². The molecule has 0 aliphatic heterocycles. The van der Waals surface area contributed by atoms with Crippen molar-refractivity contribution in [1.82, 2.24) is 10.2 Å². The molecule has 3 nitrogen and oxygen atoms in total. The molecule has 1 atom stereocenters. The lowest BCUT2D eigenvalue weighted by Gasteiger charge is -2.35. The molecule has 0 bridgehead atoms. The van der Waals surface area contributed by atoms with E-state index in [0.717, 1.165) is 6.42 Å². The molecule has 0 spiro atoms. The van der Waals surface area contributed by atoms with Gasteiger partial charge in [0, 0.05) is 11.6 Å². The van der Waals surface area contributed by atoms with Crippen molar-refractivity contribution in [3.63, 3.8) is 0 Å². The molecular weight excluding hydrogens is 257 g/mol. The molecule has 2 N–H and O–H groups in total. The van der Waals surface area contributed by atoms with Gasteiger partial charge in [-0.15, -0.1) is 0 Å². The summed E-state index contributed by atoms with van der Waals surface area (Å²) >= 11 is 0. The van der Waals surface area contributed by atoms with Crippen LogP contribution in [0.5, 0.6) is 0 Å². The molecule has 0 saturated carbocycles. The molecule has 0 aromatic heterocycles. The van der Waals surface area contributed by atoms with Crippen molar-refractivity contribution in [1.29, 1.82) is 0 Å². The highest BCUT2D eigenvalue weighted by Crippen LogP contribution is 2.20. The zero-order valence-corrected chi connectivity index (χ0v) is 12.3. The SMILES string of the molecule is CCC(CO)(CCCN(C)CC(F)(F)F)NC(C)C. The summed E-state index contributed by atoms with van der Waals surface area (Å²) in [5.41, 5.74) is -0.382. The van der Waals surface area contributed by atoms with E-state index < -0.39 is 12.7 Å². The van der Waals surface area contributed by atoms with E-state index >= 15 is 0 Å². The van der Waals surface area contributed by atoms with Gasteiger partial charge in [0.1, 0.15) is 0 Å². The van der Waals surface area contributed by atoms with Gasteiger partial charge in [-0.3, -0.25) is 4.90 Å². The number of nitrogens with one attached hydrogen (secondary N) is 1. The fourth-order valence-electron chi connectivity index (χ4n) is 2.27. The molecule has 0 fully saturated rings. The van der Waals surface area contributed by atoms with Crippen LogP contribution in [0, 0.1) is 0 Å². The lowest BCUT2D eigenvalue weighted by molar-refractivity contribution is -0.143. The fourth-order valence-corrected chi connectivity index (χ4v) is 2.27. The third-order valence-corrected chi connectivity index (χ3v) is 3.22. The van der Waals surface area contributed by atoms with Crippen LogP contribution in [0.15, 0.2) is 0 Å². The van der Waals surface area contributed by atoms with E-state index in [0.29, 0.717) is 19.4 Å². The highest BCUT2D eigenvalue weighted by atomic mass is 19.4. The summed E-state index contributed by atoms with van der Waals surface area (Å²) < 4.78 is 36.5. The third-order valence-electron chi connectivity index (χ3n) is 3.22. The summed E-state index contributed by atoms with van der Waals surface area (Å²) in [5, 5.41) is 12.8. The molecule has 0 rings (SSSR count). The first-order chi connectivity index (χ1) is 8.64. The van der Waals surface area contributed by atoms with Gasteiger partial charge >= 0.3 is 6.18 Å². The first-order valence-corrected chi connectivity index (χ1v) is 6.78. The smallest absolute Gasteiger partial charge is 0.394 e. The van der Waals surface area contributed by atoms with Gasteiger partial charge in [-0.05, 0) is 32.9 Å². The first-order valence-electron chi connectivity index (χ1n) is 6.78. The van der Waals surface area contributed by atoms with Crippen molar-refractivity contribution in [3.05, 3.63) is 0 Å².